The van der Waals surface area contributed by atoms with Crippen LogP contribution in [0.4, 0.5) is 4.39 Å². The highest BCUT2D eigenvalue weighted by Crippen LogP contribution is 2.25. The van der Waals surface area contributed by atoms with Gasteiger partial charge in [-0.2, -0.15) is 8.42 Å². The molecule has 1 aromatic carbocycles. The molecule has 0 saturated carbocycles. The van der Waals surface area contributed by atoms with Crippen LogP contribution in [-0.4, -0.2) is 36.2 Å². The van der Waals surface area contributed by atoms with Crippen LogP contribution < -0.4 is 5.32 Å². The second kappa shape index (κ2) is 5.43. The second-order valence-corrected chi connectivity index (χ2v) is 6.89. The Hall–Kier alpha value is -1.58. The first-order chi connectivity index (χ1) is 9.26. The fourth-order valence-electron chi connectivity index (χ4n) is 1.63. The zero-order valence-corrected chi connectivity index (χ0v) is 12.0. The molecule has 0 aliphatic carbocycles. The highest BCUT2D eigenvalue weighted by molar-refractivity contribution is 7.85. The number of aryl methyl sites for hydroxylation is 1. The van der Waals surface area contributed by atoms with Gasteiger partial charge in [-0.1, -0.05) is 0 Å². The molecule has 0 aliphatic rings. The molecule has 0 unspecified atom stereocenters. The lowest BCUT2D eigenvalue weighted by molar-refractivity contribution is 0.0956. The SMILES string of the molecule is Cc1nc2c(F)cc(C(=O)NCCS(=O)(=O)O)cc2s1. The van der Waals surface area contributed by atoms with Crippen molar-refractivity contribution >= 4 is 37.6 Å². The number of hydrogen-bond donors (Lipinski definition) is 2. The molecular weight excluding hydrogens is 307 g/mol. The third kappa shape index (κ3) is 3.50. The molecule has 0 aliphatic heterocycles. The van der Waals surface area contributed by atoms with Crippen LogP contribution in [0.25, 0.3) is 10.2 Å². The van der Waals surface area contributed by atoms with Crippen LogP contribution in [0.3, 0.4) is 0 Å². The molecule has 2 aromatic rings. The fraction of sp³-hybridized carbons (Fsp3) is 0.273. The summed E-state index contributed by atoms with van der Waals surface area (Å²) >= 11 is 1.26. The van der Waals surface area contributed by atoms with Crippen molar-refractivity contribution in [3.63, 3.8) is 0 Å². The lowest BCUT2D eigenvalue weighted by Crippen LogP contribution is -2.28. The van der Waals surface area contributed by atoms with Crippen LogP contribution in [0.2, 0.25) is 0 Å². The molecule has 0 atom stereocenters. The third-order valence-electron chi connectivity index (χ3n) is 2.46. The van der Waals surface area contributed by atoms with E-state index in [1.165, 1.54) is 17.4 Å². The number of carbonyl (C=O) groups is 1. The molecule has 1 amide bonds. The monoisotopic (exact) mass is 318 g/mol. The van der Waals surface area contributed by atoms with E-state index < -0.39 is 27.6 Å². The molecular formula is C11H11FN2O4S2. The number of halogens is 1. The van der Waals surface area contributed by atoms with Crippen molar-refractivity contribution in [3.8, 4) is 0 Å². The topological polar surface area (TPSA) is 96.4 Å². The quantitative estimate of drug-likeness (QED) is 0.830. The number of hydrogen-bond acceptors (Lipinski definition) is 5. The Morgan fingerprint density at radius 3 is 2.85 bits per heavy atom. The van der Waals surface area contributed by atoms with E-state index in [-0.39, 0.29) is 17.6 Å². The largest absolute Gasteiger partial charge is 0.351 e. The van der Waals surface area contributed by atoms with Gasteiger partial charge in [0.15, 0.2) is 5.82 Å². The summed E-state index contributed by atoms with van der Waals surface area (Å²) in [6, 6.07) is 2.54. The normalized spacial score (nSPS) is 11.8. The minimum absolute atomic E-state index is 0.0778. The summed E-state index contributed by atoms with van der Waals surface area (Å²) in [6.45, 7) is 1.48. The summed E-state index contributed by atoms with van der Waals surface area (Å²) in [4.78, 5) is 15.8. The lowest BCUT2D eigenvalue weighted by atomic mass is 10.2. The van der Waals surface area contributed by atoms with Crippen molar-refractivity contribution in [2.24, 2.45) is 0 Å². The van der Waals surface area contributed by atoms with Crippen LogP contribution in [0, 0.1) is 12.7 Å². The standard InChI is InChI=1S/C11H11FN2O4S2/c1-6-14-10-8(12)4-7(5-9(10)19-6)11(15)13-2-3-20(16,17)18/h4-5H,2-3H2,1H3,(H,13,15)(H,16,17,18). The predicted molar refractivity (Wildman–Crippen MR) is 73.1 cm³/mol. The van der Waals surface area contributed by atoms with Gasteiger partial charge in [0, 0.05) is 12.1 Å². The molecule has 108 valence electrons. The Labute approximate surface area is 118 Å². The Balaban J connectivity index is 2.18. The van der Waals surface area contributed by atoms with E-state index in [4.69, 9.17) is 4.55 Å². The van der Waals surface area contributed by atoms with E-state index in [2.05, 4.69) is 10.3 Å². The lowest BCUT2D eigenvalue weighted by Gasteiger charge is -2.04. The van der Waals surface area contributed by atoms with Gasteiger partial charge in [-0.3, -0.25) is 9.35 Å². The van der Waals surface area contributed by atoms with Crippen molar-refractivity contribution in [1.82, 2.24) is 10.3 Å². The number of nitrogens with one attached hydrogen (secondary N) is 1. The molecule has 2 rings (SSSR count). The van der Waals surface area contributed by atoms with Gasteiger partial charge >= 0.3 is 0 Å². The molecule has 0 saturated heterocycles. The molecule has 0 bridgehead atoms. The van der Waals surface area contributed by atoms with Gasteiger partial charge in [0.25, 0.3) is 16.0 Å². The Morgan fingerprint density at radius 1 is 1.50 bits per heavy atom. The molecule has 0 radical (unpaired) electrons. The average Bonchev–Trinajstić information content (AvgIpc) is 2.68. The van der Waals surface area contributed by atoms with E-state index in [0.29, 0.717) is 9.71 Å². The maximum absolute atomic E-state index is 13.8. The van der Waals surface area contributed by atoms with E-state index in [9.17, 15) is 17.6 Å². The van der Waals surface area contributed by atoms with Gasteiger partial charge in [-0.15, -0.1) is 11.3 Å². The summed E-state index contributed by atoms with van der Waals surface area (Å²) < 4.78 is 43.9. The summed E-state index contributed by atoms with van der Waals surface area (Å²) in [5.74, 6) is -1.81. The summed E-state index contributed by atoms with van der Waals surface area (Å²) in [5, 5.41) is 2.98. The van der Waals surface area contributed by atoms with Crippen molar-refractivity contribution in [1.29, 1.82) is 0 Å². The smallest absolute Gasteiger partial charge is 0.266 e. The minimum Gasteiger partial charge on any atom is -0.351 e. The number of fused-ring (bicyclic) bond motifs is 1. The van der Waals surface area contributed by atoms with E-state index >= 15 is 0 Å². The zero-order chi connectivity index (χ0) is 14.9. The number of aromatic nitrogens is 1. The molecule has 9 heteroatoms. The van der Waals surface area contributed by atoms with E-state index in [1.807, 2.05) is 0 Å². The van der Waals surface area contributed by atoms with Gasteiger partial charge in [0.05, 0.1) is 15.5 Å². The van der Waals surface area contributed by atoms with Gasteiger partial charge in [0.1, 0.15) is 5.52 Å². The third-order valence-corrected chi connectivity index (χ3v) is 4.10. The highest BCUT2D eigenvalue weighted by Gasteiger charge is 2.14. The first-order valence-electron chi connectivity index (χ1n) is 5.56. The Kier molecular flexibility index (Phi) is 4.02. The molecule has 6 nitrogen and oxygen atoms in total. The molecule has 0 fully saturated rings. The van der Waals surface area contributed by atoms with Gasteiger partial charge in [-0.25, -0.2) is 9.37 Å². The van der Waals surface area contributed by atoms with Gasteiger partial charge in [-0.05, 0) is 19.1 Å². The number of benzene rings is 1. The number of nitrogens with zero attached hydrogens (tertiary/aromatic N) is 1. The average molecular weight is 318 g/mol. The summed E-state index contributed by atoms with van der Waals surface area (Å²) in [5.41, 5.74) is 0.288. The van der Waals surface area contributed by atoms with Crippen LogP contribution in [0.5, 0.6) is 0 Å². The predicted octanol–water partition coefficient (Wildman–Crippen LogP) is 1.36. The number of rotatable bonds is 4. The van der Waals surface area contributed by atoms with Gasteiger partial charge in [0.2, 0.25) is 0 Å². The van der Waals surface area contributed by atoms with Crippen molar-refractivity contribution in [2.45, 2.75) is 6.92 Å². The fourth-order valence-corrected chi connectivity index (χ4v) is 2.87. The summed E-state index contributed by atoms with van der Waals surface area (Å²) in [7, 11) is -4.14. The molecule has 2 N–H and O–H groups in total. The first kappa shape index (κ1) is 14.8. The molecule has 1 heterocycles. The summed E-state index contributed by atoms with van der Waals surface area (Å²) in [6.07, 6.45) is 0. The van der Waals surface area contributed by atoms with Crippen LogP contribution in [0.15, 0.2) is 12.1 Å². The van der Waals surface area contributed by atoms with E-state index in [1.54, 1.807) is 6.92 Å². The van der Waals surface area contributed by atoms with Crippen LogP contribution in [-0.2, 0) is 10.1 Å². The molecule has 0 spiro atoms. The Morgan fingerprint density at radius 2 is 2.20 bits per heavy atom. The van der Waals surface area contributed by atoms with Crippen molar-refractivity contribution < 1.29 is 22.2 Å². The second-order valence-electron chi connectivity index (χ2n) is 4.08. The minimum atomic E-state index is -4.14. The number of amides is 1. The first-order valence-corrected chi connectivity index (χ1v) is 7.99. The Bertz CT molecular complexity index is 770. The number of carbonyl (C=O) groups excluding carboxylic acids is 1. The molecule has 20 heavy (non-hydrogen) atoms. The molecule has 1 aromatic heterocycles. The zero-order valence-electron chi connectivity index (χ0n) is 10.4. The maximum atomic E-state index is 13.8. The van der Waals surface area contributed by atoms with Crippen molar-refractivity contribution in [3.05, 3.63) is 28.5 Å². The van der Waals surface area contributed by atoms with E-state index in [0.717, 1.165) is 6.07 Å². The maximum Gasteiger partial charge on any atom is 0.266 e. The van der Waals surface area contributed by atoms with Gasteiger partial charge < -0.3 is 5.32 Å². The van der Waals surface area contributed by atoms with Crippen LogP contribution in [0.1, 0.15) is 15.4 Å². The highest BCUT2D eigenvalue weighted by atomic mass is 32.2. The van der Waals surface area contributed by atoms with Crippen molar-refractivity contribution in [2.75, 3.05) is 12.3 Å². The van der Waals surface area contributed by atoms with Crippen LogP contribution >= 0.6 is 11.3 Å². The number of thiazole rings is 1.